The van der Waals surface area contributed by atoms with E-state index in [0.29, 0.717) is 19.3 Å². The van der Waals surface area contributed by atoms with Crippen LogP contribution in [0.2, 0.25) is 0 Å². The van der Waals surface area contributed by atoms with Gasteiger partial charge in [-0.2, -0.15) is 0 Å². The van der Waals surface area contributed by atoms with E-state index < -0.39 is 18.2 Å². The molecule has 0 spiro atoms. The standard InChI is InChI=1S/C59H115NO5/c1-4-7-10-13-16-19-22-25-27-28-29-30-32-34-37-40-43-46-49-52-59(64)65-55(50-47-44-41-38-35-24-21-18-15-12-9-6-3)53-58(63)60-56(54-61)57(62)51-48-45-42-39-36-33-31-26-23-20-17-14-11-8-5-2/h25,27,55-57,61-62H,4-24,26,28-54H2,1-3H3,(H,60,63)/b27-25+. The summed E-state index contributed by atoms with van der Waals surface area (Å²) in [4.78, 5) is 26.3. The van der Waals surface area contributed by atoms with Crippen molar-refractivity contribution in [3.8, 4) is 0 Å². The van der Waals surface area contributed by atoms with Gasteiger partial charge in [-0.25, -0.2) is 0 Å². The van der Waals surface area contributed by atoms with Crippen molar-refractivity contribution >= 4 is 11.9 Å². The van der Waals surface area contributed by atoms with Crippen LogP contribution in [0.3, 0.4) is 0 Å². The zero-order chi connectivity index (χ0) is 47.4. The molecule has 3 atom stereocenters. The summed E-state index contributed by atoms with van der Waals surface area (Å²) in [5.74, 6) is -0.453. The van der Waals surface area contributed by atoms with Crippen LogP contribution in [-0.2, 0) is 14.3 Å². The second kappa shape index (κ2) is 53.6. The summed E-state index contributed by atoms with van der Waals surface area (Å²) >= 11 is 0. The Labute approximate surface area is 406 Å². The minimum absolute atomic E-state index is 0.0848. The number of ether oxygens (including phenoxy) is 1. The lowest BCUT2D eigenvalue weighted by molar-refractivity contribution is -0.151. The molecular formula is C59H115NO5. The molecule has 0 saturated heterocycles. The Morgan fingerprint density at radius 2 is 0.738 bits per heavy atom. The third kappa shape index (κ3) is 48.9. The lowest BCUT2D eigenvalue weighted by atomic mass is 10.0. The normalized spacial score (nSPS) is 13.1. The highest BCUT2D eigenvalue weighted by atomic mass is 16.5. The average Bonchev–Trinajstić information content (AvgIpc) is 3.30. The maximum Gasteiger partial charge on any atom is 0.306 e. The lowest BCUT2D eigenvalue weighted by Crippen LogP contribution is -2.46. The summed E-state index contributed by atoms with van der Waals surface area (Å²) in [6.45, 7) is 6.52. The van der Waals surface area contributed by atoms with Gasteiger partial charge in [0, 0.05) is 6.42 Å². The van der Waals surface area contributed by atoms with E-state index in [4.69, 9.17) is 4.74 Å². The van der Waals surface area contributed by atoms with Gasteiger partial charge in [0.15, 0.2) is 0 Å². The molecule has 0 saturated carbocycles. The Balaban J connectivity index is 4.43. The van der Waals surface area contributed by atoms with Gasteiger partial charge in [0.05, 0.1) is 25.2 Å². The molecule has 0 rings (SSSR count). The third-order valence-corrected chi connectivity index (χ3v) is 13.8. The smallest absolute Gasteiger partial charge is 0.306 e. The number of carbonyl (C=O) groups excluding carboxylic acids is 2. The molecule has 0 heterocycles. The van der Waals surface area contributed by atoms with Gasteiger partial charge in [-0.05, 0) is 51.4 Å². The van der Waals surface area contributed by atoms with Gasteiger partial charge < -0.3 is 20.3 Å². The molecule has 0 aromatic carbocycles. The van der Waals surface area contributed by atoms with Gasteiger partial charge in [-0.15, -0.1) is 0 Å². The molecule has 0 aliphatic carbocycles. The Morgan fingerprint density at radius 1 is 0.431 bits per heavy atom. The second-order valence-electron chi connectivity index (χ2n) is 20.4. The van der Waals surface area contributed by atoms with E-state index in [1.807, 2.05) is 0 Å². The van der Waals surface area contributed by atoms with Crippen molar-refractivity contribution in [2.45, 2.75) is 347 Å². The van der Waals surface area contributed by atoms with Crippen molar-refractivity contribution < 1.29 is 24.5 Å². The maximum absolute atomic E-state index is 13.3. The Bertz CT molecular complexity index is 986. The molecule has 0 aliphatic heterocycles. The number of allylic oxidation sites excluding steroid dienone is 2. The highest BCUT2D eigenvalue weighted by molar-refractivity contribution is 5.77. The molecule has 6 heteroatoms. The Hall–Kier alpha value is -1.40. The van der Waals surface area contributed by atoms with E-state index in [-0.39, 0.29) is 24.9 Å². The molecule has 3 N–H and O–H groups in total. The van der Waals surface area contributed by atoms with Crippen molar-refractivity contribution in [3.05, 3.63) is 12.2 Å². The van der Waals surface area contributed by atoms with E-state index in [1.165, 1.54) is 238 Å². The van der Waals surface area contributed by atoms with Crippen molar-refractivity contribution in [2.75, 3.05) is 6.61 Å². The molecule has 0 aromatic rings. The number of unbranched alkanes of at least 4 members (excludes halogenated alkanes) is 40. The van der Waals surface area contributed by atoms with Crippen LogP contribution in [-0.4, -0.2) is 46.9 Å². The largest absolute Gasteiger partial charge is 0.462 e. The molecular weight excluding hydrogens is 803 g/mol. The molecule has 1 amide bonds. The number of hydrogen-bond donors (Lipinski definition) is 3. The van der Waals surface area contributed by atoms with Crippen molar-refractivity contribution in [2.24, 2.45) is 0 Å². The summed E-state index contributed by atoms with van der Waals surface area (Å²) in [7, 11) is 0. The summed E-state index contributed by atoms with van der Waals surface area (Å²) < 4.78 is 5.96. The van der Waals surface area contributed by atoms with Gasteiger partial charge in [-0.1, -0.05) is 277 Å². The number of carbonyl (C=O) groups is 2. The molecule has 386 valence electrons. The fraction of sp³-hybridized carbons (Fsp3) is 0.932. The van der Waals surface area contributed by atoms with E-state index in [0.717, 1.165) is 44.9 Å². The summed E-state index contributed by atoms with van der Waals surface area (Å²) in [6, 6.07) is -0.696. The molecule has 65 heavy (non-hydrogen) atoms. The number of aliphatic hydroxyl groups excluding tert-OH is 2. The third-order valence-electron chi connectivity index (χ3n) is 13.8. The van der Waals surface area contributed by atoms with Crippen LogP contribution in [0, 0.1) is 0 Å². The molecule has 0 aliphatic rings. The highest BCUT2D eigenvalue weighted by Crippen LogP contribution is 2.19. The first-order valence-corrected chi connectivity index (χ1v) is 29.4. The van der Waals surface area contributed by atoms with Gasteiger partial charge in [-0.3, -0.25) is 9.59 Å². The van der Waals surface area contributed by atoms with E-state index in [1.54, 1.807) is 0 Å². The first-order valence-electron chi connectivity index (χ1n) is 29.4. The summed E-state index contributed by atoms with van der Waals surface area (Å²) in [5.41, 5.74) is 0. The summed E-state index contributed by atoms with van der Waals surface area (Å²) in [5, 5.41) is 23.9. The maximum atomic E-state index is 13.3. The minimum Gasteiger partial charge on any atom is -0.462 e. The van der Waals surface area contributed by atoms with Crippen LogP contribution in [0.5, 0.6) is 0 Å². The molecule has 0 radical (unpaired) electrons. The highest BCUT2D eigenvalue weighted by Gasteiger charge is 2.24. The minimum atomic E-state index is -0.782. The SMILES string of the molecule is CCCCCCCC/C=C/CCCCCCCCCCCC(=O)OC(CCCCCCCCCCCCCC)CC(=O)NC(CO)C(O)CCCCCCCCCCCCCCCCC. The van der Waals surface area contributed by atoms with Crippen LogP contribution in [0.1, 0.15) is 329 Å². The van der Waals surface area contributed by atoms with Crippen molar-refractivity contribution in [1.29, 1.82) is 0 Å². The zero-order valence-corrected chi connectivity index (χ0v) is 44.2. The monoisotopic (exact) mass is 918 g/mol. The van der Waals surface area contributed by atoms with Gasteiger partial charge >= 0.3 is 5.97 Å². The number of nitrogens with one attached hydrogen (secondary N) is 1. The lowest BCUT2D eigenvalue weighted by Gasteiger charge is -2.24. The van der Waals surface area contributed by atoms with Gasteiger partial charge in [0.25, 0.3) is 0 Å². The van der Waals surface area contributed by atoms with Crippen molar-refractivity contribution in [3.63, 3.8) is 0 Å². The molecule has 0 bridgehead atoms. The molecule has 0 fully saturated rings. The van der Waals surface area contributed by atoms with Crippen LogP contribution in [0.15, 0.2) is 12.2 Å². The predicted octanol–water partition coefficient (Wildman–Crippen LogP) is 18.1. The first-order chi connectivity index (χ1) is 32.0. The fourth-order valence-electron chi connectivity index (χ4n) is 9.37. The number of esters is 1. The van der Waals surface area contributed by atoms with Crippen LogP contribution in [0.4, 0.5) is 0 Å². The second-order valence-corrected chi connectivity index (χ2v) is 20.4. The number of amides is 1. The summed E-state index contributed by atoms with van der Waals surface area (Å²) in [6.07, 6.45) is 61.4. The molecule has 3 unspecified atom stereocenters. The average molecular weight is 919 g/mol. The predicted molar refractivity (Wildman–Crippen MR) is 283 cm³/mol. The van der Waals surface area contributed by atoms with E-state index in [2.05, 4.69) is 38.2 Å². The number of rotatable bonds is 54. The molecule has 0 aromatic heterocycles. The molecule has 6 nitrogen and oxygen atoms in total. The fourth-order valence-corrected chi connectivity index (χ4v) is 9.37. The van der Waals surface area contributed by atoms with E-state index >= 15 is 0 Å². The number of aliphatic hydroxyl groups is 2. The van der Waals surface area contributed by atoms with E-state index in [9.17, 15) is 19.8 Å². The Morgan fingerprint density at radius 3 is 1.09 bits per heavy atom. The van der Waals surface area contributed by atoms with Crippen LogP contribution in [0.25, 0.3) is 0 Å². The topological polar surface area (TPSA) is 95.9 Å². The van der Waals surface area contributed by atoms with Crippen molar-refractivity contribution in [1.82, 2.24) is 5.32 Å². The number of hydrogen-bond acceptors (Lipinski definition) is 5. The van der Waals surface area contributed by atoms with Gasteiger partial charge in [0.1, 0.15) is 6.10 Å². The quantitative estimate of drug-likeness (QED) is 0.0321. The first kappa shape index (κ1) is 63.6. The van der Waals surface area contributed by atoms with Crippen LogP contribution < -0.4 is 5.32 Å². The Kier molecular flexibility index (Phi) is 52.4. The van der Waals surface area contributed by atoms with Crippen LogP contribution >= 0.6 is 0 Å². The van der Waals surface area contributed by atoms with Gasteiger partial charge in [0.2, 0.25) is 5.91 Å². The zero-order valence-electron chi connectivity index (χ0n) is 44.2.